The smallest absolute Gasteiger partial charge is 0.260 e. The highest BCUT2D eigenvalue weighted by Gasteiger charge is 2.12. The third-order valence-electron chi connectivity index (χ3n) is 3.45. The van der Waals surface area contributed by atoms with Gasteiger partial charge < -0.3 is 10.4 Å². The van der Waals surface area contributed by atoms with Gasteiger partial charge in [-0.15, -0.1) is 0 Å². The Hall–Kier alpha value is -3.06. The van der Waals surface area contributed by atoms with Crippen LogP contribution in [0.3, 0.4) is 0 Å². The van der Waals surface area contributed by atoms with Gasteiger partial charge in [-0.05, 0) is 48.0 Å². The van der Waals surface area contributed by atoms with E-state index in [2.05, 4.69) is 21.2 Å². The van der Waals surface area contributed by atoms with Crippen LogP contribution in [0.5, 0.6) is 5.75 Å². The Labute approximate surface area is 148 Å². The summed E-state index contributed by atoms with van der Waals surface area (Å²) >= 11 is 5.86. The van der Waals surface area contributed by atoms with Crippen LogP contribution in [0.2, 0.25) is 5.02 Å². The molecular weight excluding hydrogens is 344 g/mol. The predicted octanol–water partition coefficient (Wildman–Crippen LogP) is 1.61. The number of phenolic OH excluding ortho intramolecular Hbond substituents is 1. The molecule has 1 aliphatic rings. The monoisotopic (exact) mass is 358 g/mol. The van der Waals surface area contributed by atoms with Gasteiger partial charge in [-0.25, -0.2) is 0 Å². The minimum Gasteiger partial charge on any atom is -0.508 e. The van der Waals surface area contributed by atoms with Crippen LogP contribution >= 0.6 is 11.6 Å². The molecule has 4 N–H and O–H groups in total. The molecule has 25 heavy (non-hydrogen) atoms. The summed E-state index contributed by atoms with van der Waals surface area (Å²) in [5.41, 5.74) is 7.24. The molecule has 2 amide bonds. The van der Waals surface area contributed by atoms with E-state index in [-0.39, 0.29) is 30.5 Å². The molecule has 2 aromatic rings. The number of aliphatic imine (C=N–C) groups is 1. The van der Waals surface area contributed by atoms with E-state index in [0.29, 0.717) is 22.1 Å². The molecule has 0 radical (unpaired) electrons. The molecule has 3 rings (SSSR count). The summed E-state index contributed by atoms with van der Waals surface area (Å²) in [4.78, 5) is 27.3. The fourth-order valence-corrected chi connectivity index (χ4v) is 2.61. The Morgan fingerprint density at radius 2 is 1.96 bits per heavy atom. The average Bonchev–Trinajstić information content (AvgIpc) is 2.55. The molecule has 1 heterocycles. The number of anilines is 1. The molecule has 0 fully saturated rings. The van der Waals surface area contributed by atoms with Crippen LogP contribution in [0, 0.1) is 0 Å². The molecular formula is C17H15ClN4O3. The van der Waals surface area contributed by atoms with Gasteiger partial charge in [-0.1, -0.05) is 11.6 Å². The Kier molecular flexibility index (Phi) is 4.85. The van der Waals surface area contributed by atoms with Gasteiger partial charge in [0.15, 0.2) is 0 Å². The van der Waals surface area contributed by atoms with Gasteiger partial charge in [-0.2, -0.15) is 0 Å². The third-order valence-corrected chi connectivity index (χ3v) is 3.67. The number of amides is 2. The lowest BCUT2D eigenvalue weighted by Gasteiger charge is -2.15. The van der Waals surface area contributed by atoms with Crippen molar-refractivity contribution in [1.82, 2.24) is 10.9 Å². The Morgan fingerprint density at radius 1 is 1.20 bits per heavy atom. The highest BCUT2D eigenvalue weighted by Crippen LogP contribution is 2.20. The van der Waals surface area contributed by atoms with E-state index in [1.165, 1.54) is 12.1 Å². The van der Waals surface area contributed by atoms with Gasteiger partial charge in [0.25, 0.3) is 5.91 Å². The van der Waals surface area contributed by atoms with Crippen LogP contribution < -0.4 is 16.2 Å². The maximum atomic E-state index is 12.1. The van der Waals surface area contributed by atoms with Crippen LogP contribution in [0.15, 0.2) is 47.5 Å². The second kappa shape index (κ2) is 7.23. The number of nitrogens with one attached hydrogen (secondary N) is 3. The molecule has 0 aromatic heterocycles. The largest absolute Gasteiger partial charge is 0.508 e. The number of hydrogen-bond donors (Lipinski definition) is 4. The number of phenols is 1. The summed E-state index contributed by atoms with van der Waals surface area (Å²) in [5.74, 6) is 0.161. The summed E-state index contributed by atoms with van der Waals surface area (Å²) in [6.07, 6.45) is 0.0934. The lowest BCUT2D eigenvalue weighted by Crippen LogP contribution is -2.47. The Balaban J connectivity index is 1.63. The quantitative estimate of drug-likeness (QED) is 0.666. The Bertz CT molecular complexity index is 829. The van der Waals surface area contributed by atoms with Gasteiger partial charge in [0.2, 0.25) is 5.91 Å². The molecule has 0 aliphatic carbocycles. The van der Waals surface area contributed by atoms with E-state index in [1.54, 1.807) is 30.3 Å². The van der Waals surface area contributed by atoms with Gasteiger partial charge in [0, 0.05) is 16.3 Å². The maximum absolute atomic E-state index is 12.1. The van der Waals surface area contributed by atoms with Crippen LogP contribution in [-0.4, -0.2) is 29.3 Å². The maximum Gasteiger partial charge on any atom is 0.260 e. The number of hydrogen-bond acceptors (Lipinski definition) is 5. The Morgan fingerprint density at radius 3 is 2.60 bits per heavy atom. The zero-order valence-electron chi connectivity index (χ0n) is 13.0. The highest BCUT2D eigenvalue weighted by atomic mass is 35.5. The number of hydrazine groups is 1. The molecule has 0 saturated heterocycles. The average molecular weight is 359 g/mol. The van der Waals surface area contributed by atoms with Gasteiger partial charge >= 0.3 is 0 Å². The molecule has 7 nitrogen and oxygen atoms in total. The first-order valence-corrected chi connectivity index (χ1v) is 7.85. The van der Waals surface area contributed by atoms with E-state index in [0.717, 1.165) is 5.56 Å². The van der Waals surface area contributed by atoms with Crippen molar-refractivity contribution in [2.75, 3.05) is 11.9 Å². The summed E-state index contributed by atoms with van der Waals surface area (Å²) in [5, 5.41) is 12.7. The highest BCUT2D eigenvalue weighted by molar-refractivity contribution is 6.30. The molecule has 0 spiro atoms. The van der Waals surface area contributed by atoms with Crippen molar-refractivity contribution >= 4 is 34.9 Å². The van der Waals surface area contributed by atoms with Crippen molar-refractivity contribution in [2.45, 2.75) is 6.42 Å². The van der Waals surface area contributed by atoms with Crippen molar-refractivity contribution in [3.8, 4) is 5.75 Å². The minimum atomic E-state index is -0.227. The SMILES string of the molecule is O=C1CN=C(c2ccc(NC(=O)Cc3cc(O)cc(Cl)c3)cc2)NN1. The van der Waals surface area contributed by atoms with Gasteiger partial charge in [0.05, 0.1) is 6.42 Å². The number of carbonyl (C=O) groups is 2. The fraction of sp³-hybridized carbons (Fsp3) is 0.118. The normalized spacial score (nSPS) is 13.5. The number of aromatic hydroxyl groups is 1. The van der Waals surface area contributed by atoms with E-state index in [4.69, 9.17) is 11.6 Å². The summed E-state index contributed by atoms with van der Waals surface area (Å²) in [7, 11) is 0. The van der Waals surface area contributed by atoms with E-state index < -0.39 is 0 Å². The molecule has 0 atom stereocenters. The standard InChI is InChI=1S/C17H15ClN4O3/c18-12-5-10(6-14(23)8-12)7-15(24)20-13-3-1-11(2-4-13)17-19-9-16(25)21-22-17/h1-6,8,23H,7,9H2,(H,19,22)(H,20,24)(H,21,25). The van der Waals surface area contributed by atoms with Crippen molar-refractivity contribution in [3.05, 3.63) is 58.6 Å². The van der Waals surface area contributed by atoms with E-state index in [1.807, 2.05) is 0 Å². The van der Waals surface area contributed by atoms with Crippen molar-refractivity contribution in [2.24, 2.45) is 4.99 Å². The second-order valence-electron chi connectivity index (χ2n) is 5.46. The number of nitrogens with zero attached hydrogens (tertiary/aromatic N) is 1. The van der Waals surface area contributed by atoms with E-state index >= 15 is 0 Å². The lowest BCUT2D eigenvalue weighted by molar-refractivity contribution is -0.120. The molecule has 1 aliphatic heterocycles. The van der Waals surface area contributed by atoms with E-state index in [9.17, 15) is 14.7 Å². The molecule has 0 unspecified atom stereocenters. The van der Waals surface area contributed by atoms with Crippen LogP contribution in [-0.2, 0) is 16.0 Å². The lowest BCUT2D eigenvalue weighted by atomic mass is 10.1. The summed E-state index contributed by atoms with van der Waals surface area (Å²) in [6, 6.07) is 11.6. The zero-order chi connectivity index (χ0) is 17.8. The molecule has 2 aromatic carbocycles. The third kappa shape index (κ3) is 4.48. The molecule has 0 bridgehead atoms. The minimum absolute atomic E-state index is 0.0208. The number of amidine groups is 1. The molecule has 0 saturated carbocycles. The van der Waals surface area contributed by atoms with Gasteiger partial charge in [0.1, 0.15) is 18.1 Å². The van der Waals surface area contributed by atoms with Gasteiger partial charge in [-0.3, -0.25) is 25.4 Å². The molecule has 128 valence electrons. The number of halogens is 1. The first-order chi connectivity index (χ1) is 12.0. The number of benzene rings is 2. The number of rotatable bonds is 4. The first kappa shape index (κ1) is 16.8. The summed E-state index contributed by atoms with van der Waals surface area (Å²) in [6.45, 7) is 0.0767. The predicted molar refractivity (Wildman–Crippen MR) is 94.6 cm³/mol. The van der Waals surface area contributed by atoms with Crippen LogP contribution in [0.1, 0.15) is 11.1 Å². The second-order valence-corrected chi connectivity index (χ2v) is 5.89. The van der Waals surface area contributed by atoms with Crippen molar-refractivity contribution < 1.29 is 14.7 Å². The fourth-order valence-electron chi connectivity index (χ4n) is 2.36. The van der Waals surface area contributed by atoms with Crippen molar-refractivity contribution in [3.63, 3.8) is 0 Å². The number of carbonyl (C=O) groups excluding carboxylic acids is 2. The van der Waals surface area contributed by atoms with Crippen LogP contribution in [0.25, 0.3) is 0 Å². The zero-order valence-corrected chi connectivity index (χ0v) is 13.8. The first-order valence-electron chi connectivity index (χ1n) is 7.47. The topological polar surface area (TPSA) is 103 Å². The summed E-state index contributed by atoms with van der Waals surface area (Å²) < 4.78 is 0. The van der Waals surface area contributed by atoms with Crippen LogP contribution in [0.4, 0.5) is 5.69 Å². The van der Waals surface area contributed by atoms with Crippen molar-refractivity contribution in [1.29, 1.82) is 0 Å². The molecule has 8 heteroatoms.